The lowest BCUT2D eigenvalue weighted by Gasteiger charge is -2.29. The van der Waals surface area contributed by atoms with Gasteiger partial charge in [-0.1, -0.05) is 44.2 Å². The van der Waals surface area contributed by atoms with Crippen LogP contribution >= 0.6 is 0 Å². The normalized spacial score (nSPS) is 17.2. The molecule has 8 heteroatoms. The molecule has 2 rings (SSSR count). The Bertz CT molecular complexity index is 800. The highest BCUT2D eigenvalue weighted by Gasteiger charge is 2.40. The van der Waals surface area contributed by atoms with Crippen molar-refractivity contribution in [1.29, 1.82) is 0 Å². The Hall–Kier alpha value is -2.90. The molecule has 0 aromatic heterocycles. The minimum absolute atomic E-state index is 0.0421. The maximum atomic E-state index is 12.8. The smallest absolute Gasteiger partial charge is 0.411 e. The molecule has 1 heterocycles. The number of ether oxygens (including phenoxy) is 2. The van der Waals surface area contributed by atoms with Crippen molar-refractivity contribution in [2.75, 3.05) is 6.54 Å². The van der Waals surface area contributed by atoms with Crippen molar-refractivity contribution in [3.8, 4) is 0 Å². The molecule has 1 aromatic rings. The maximum absolute atomic E-state index is 12.8. The number of hydrogen-bond donors (Lipinski definition) is 1. The lowest BCUT2D eigenvalue weighted by molar-refractivity contribution is -0.163. The standard InChI is InChI=1S/C23H32N2O6/c1-15(2)19(20(27)24-18(26)14-16-10-7-6-8-11-16)30-21(28)17-12-9-13-25(17)22(29)31-23(3,4)5/h6-8,10-11,15,17,19H,9,12-14H2,1-5H3,(H,24,26,27)/t17-,19-/m0/s1. The molecule has 0 radical (unpaired) electrons. The highest BCUT2D eigenvalue weighted by Crippen LogP contribution is 2.23. The fourth-order valence-electron chi connectivity index (χ4n) is 3.28. The van der Waals surface area contributed by atoms with E-state index in [0.717, 1.165) is 5.56 Å². The average Bonchev–Trinajstić information content (AvgIpc) is 3.15. The van der Waals surface area contributed by atoms with E-state index in [1.807, 2.05) is 6.07 Å². The number of imide groups is 1. The molecule has 0 unspecified atom stereocenters. The number of nitrogens with one attached hydrogen (secondary N) is 1. The lowest BCUT2D eigenvalue weighted by atomic mass is 10.1. The maximum Gasteiger partial charge on any atom is 0.411 e. The molecule has 1 aliphatic rings. The van der Waals surface area contributed by atoms with E-state index in [9.17, 15) is 19.2 Å². The van der Waals surface area contributed by atoms with E-state index in [1.165, 1.54) is 4.90 Å². The molecular weight excluding hydrogens is 400 g/mol. The highest BCUT2D eigenvalue weighted by molar-refractivity contribution is 5.99. The summed E-state index contributed by atoms with van der Waals surface area (Å²) in [4.78, 5) is 51.4. The summed E-state index contributed by atoms with van der Waals surface area (Å²) in [6.45, 7) is 9.07. The number of carbonyl (C=O) groups is 4. The van der Waals surface area contributed by atoms with E-state index in [0.29, 0.717) is 19.4 Å². The molecule has 0 aliphatic carbocycles. The summed E-state index contributed by atoms with van der Waals surface area (Å²) in [5, 5.41) is 2.31. The Kier molecular flexibility index (Phi) is 8.19. The quantitative estimate of drug-likeness (QED) is 0.694. The van der Waals surface area contributed by atoms with Crippen LogP contribution in [0.1, 0.15) is 53.0 Å². The van der Waals surface area contributed by atoms with Gasteiger partial charge in [0.2, 0.25) is 5.91 Å². The number of carbonyl (C=O) groups excluding carboxylic acids is 4. The summed E-state index contributed by atoms with van der Waals surface area (Å²) in [5.74, 6) is -2.18. The Morgan fingerprint density at radius 2 is 1.77 bits per heavy atom. The molecule has 0 spiro atoms. The molecule has 1 aromatic carbocycles. The minimum atomic E-state index is -1.15. The Morgan fingerprint density at radius 1 is 1.13 bits per heavy atom. The van der Waals surface area contributed by atoms with Gasteiger partial charge in [0.1, 0.15) is 11.6 Å². The molecule has 1 N–H and O–H groups in total. The second-order valence-corrected chi connectivity index (χ2v) is 9.01. The van der Waals surface area contributed by atoms with Crippen LogP contribution in [0.25, 0.3) is 0 Å². The number of esters is 1. The van der Waals surface area contributed by atoms with Gasteiger partial charge in [-0.05, 0) is 45.1 Å². The molecule has 170 valence electrons. The zero-order valence-electron chi connectivity index (χ0n) is 18.8. The fourth-order valence-corrected chi connectivity index (χ4v) is 3.28. The molecular formula is C23H32N2O6. The van der Waals surface area contributed by atoms with Gasteiger partial charge in [0.15, 0.2) is 6.10 Å². The Balaban J connectivity index is 1.99. The monoisotopic (exact) mass is 432 g/mol. The van der Waals surface area contributed by atoms with Crippen LogP contribution in [-0.2, 0) is 30.3 Å². The lowest BCUT2D eigenvalue weighted by Crippen LogP contribution is -2.48. The van der Waals surface area contributed by atoms with Crippen molar-refractivity contribution < 1.29 is 28.7 Å². The molecule has 31 heavy (non-hydrogen) atoms. The van der Waals surface area contributed by atoms with Crippen molar-refractivity contribution in [2.45, 2.75) is 71.6 Å². The van der Waals surface area contributed by atoms with E-state index in [2.05, 4.69) is 5.32 Å². The predicted octanol–water partition coefficient (Wildman–Crippen LogP) is 2.84. The summed E-state index contributed by atoms with van der Waals surface area (Å²) in [6.07, 6.45) is -0.630. The van der Waals surface area contributed by atoms with Gasteiger partial charge in [-0.3, -0.25) is 19.8 Å². The SMILES string of the molecule is CC(C)[C@H](OC(=O)[C@@H]1CCCN1C(=O)OC(C)(C)C)C(=O)NC(=O)Cc1ccccc1. The van der Waals surface area contributed by atoms with Gasteiger partial charge in [-0.25, -0.2) is 9.59 Å². The zero-order valence-corrected chi connectivity index (χ0v) is 18.8. The summed E-state index contributed by atoms with van der Waals surface area (Å²) in [7, 11) is 0. The van der Waals surface area contributed by atoms with Crippen molar-refractivity contribution in [2.24, 2.45) is 5.92 Å². The van der Waals surface area contributed by atoms with Crippen molar-refractivity contribution in [3.63, 3.8) is 0 Å². The number of amides is 3. The molecule has 0 bridgehead atoms. The predicted molar refractivity (Wildman–Crippen MR) is 114 cm³/mol. The molecule has 0 saturated carbocycles. The van der Waals surface area contributed by atoms with Crippen LogP contribution in [-0.4, -0.2) is 53.1 Å². The van der Waals surface area contributed by atoms with Gasteiger partial charge < -0.3 is 9.47 Å². The van der Waals surface area contributed by atoms with E-state index in [-0.39, 0.29) is 12.3 Å². The van der Waals surface area contributed by atoms with Gasteiger partial charge in [-0.15, -0.1) is 0 Å². The molecule has 2 atom stereocenters. The Morgan fingerprint density at radius 3 is 2.35 bits per heavy atom. The number of benzene rings is 1. The number of likely N-dealkylation sites (tertiary alicyclic amines) is 1. The van der Waals surface area contributed by atoms with Crippen LogP contribution in [0.15, 0.2) is 30.3 Å². The minimum Gasteiger partial charge on any atom is -0.450 e. The van der Waals surface area contributed by atoms with Crippen LogP contribution in [0.4, 0.5) is 4.79 Å². The fraction of sp³-hybridized carbons (Fsp3) is 0.565. The summed E-state index contributed by atoms with van der Waals surface area (Å²) in [5.41, 5.74) is 0.0815. The summed E-state index contributed by atoms with van der Waals surface area (Å²) >= 11 is 0. The first kappa shape index (κ1) is 24.4. The van der Waals surface area contributed by atoms with Crippen LogP contribution < -0.4 is 5.32 Å². The Labute approximate surface area is 183 Å². The first-order valence-electron chi connectivity index (χ1n) is 10.6. The van der Waals surface area contributed by atoms with Crippen molar-refractivity contribution in [1.82, 2.24) is 10.2 Å². The molecule has 1 aliphatic heterocycles. The van der Waals surface area contributed by atoms with Crippen LogP contribution in [0.3, 0.4) is 0 Å². The second-order valence-electron chi connectivity index (χ2n) is 9.01. The van der Waals surface area contributed by atoms with Crippen LogP contribution in [0.5, 0.6) is 0 Å². The zero-order chi connectivity index (χ0) is 23.2. The summed E-state index contributed by atoms with van der Waals surface area (Å²) in [6, 6.07) is 8.21. The molecule has 1 saturated heterocycles. The van der Waals surface area contributed by atoms with E-state index in [4.69, 9.17) is 9.47 Å². The molecule has 1 fully saturated rings. The third-order valence-corrected chi connectivity index (χ3v) is 4.73. The van der Waals surface area contributed by atoms with E-state index < -0.39 is 41.6 Å². The van der Waals surface area contributed by atoms with E-state index >= 15 is 0 Å². The van der Waals surface area contributed by atoms with Gasteiger partial charge in [0.25, 0.3) is 5.91 Å². The summed E-state index contributed by atoms with van der Waals surface area (Å²) < 4.78 is 10.8. The number of hydrogen-bond acceptors (Lipinski definition) is 6. The largest absolute Gasteiger partial charge is 0.450 e. The molecule has 3 amide bonds. The topological polar surface area (TPSA) is 102 Å². The molecule has 8 nitrogen and oxygen atoms in total. The second kappa shape index (κ2) is 10.4. The van der Waals surface area contributed by atoms with Crippen molar-refractivity contribution in [3.05, 3.63) is 35.9 Å². The van der Waals surface area contributed by atoms with E-state index in [1.54, 1.807) is 58.9 Å². The van der Waals surface area contributed by atoms with Crippen molar-refractivity contribution >= 4 is 23.9 Å². The van der Waals surface area contributed by atoms with Gasteiger partial charge in [0, 0.05) is 6.54 Å². The third kappa shape index (κ3) is 7.38. The third-order valence-electron chi connectivity index (χ3n) is 4.73. The van der Waals surface area contributed by atoms with Crippen LogP contribution in [0, 0.1) is 5.92 Å². The average molecular weight is 433 g/mol. The number of rotatable bonds is 6. The van der Waals surface area contributed by atoms with Gasteiger partial charge in [0.05, 0.1) is 6.42 Å². The first-order valence-corrected chi connectivity index (χ1v) is 10.6. The van der Waals surface area contributed by atoms with Crippen LogP contribution in [0.2, 0.25) is 0 Å². The highest BCUT2D eigenvalue weighted by atomic mass is 16.6. The van der Waals surface area contributed by atoms with Gasteiger partial charge in [-0.2, -0.15) is 0 Å². The van der Waals surface area contributed by atoms with Gasteiger partial charge >= 0.3 is 12.1 Å². The first-order chi connectivity index (χ1) is 14.5. The number of nitrogens with zero attached hydrogens (tertiary/aromatic N) is 1.